The average molecular weight is 182 g/mol. The SMILES string of the molecule is CCN1CCc2c(N)csc2C1. The Hall–Kier alpha value is -0.540. The van der Waals surface area contributed by atoms with Gasteiger partial charge < -0.3 is 5.73 Å². The third-order valence-electron chi connectivity index (χ3n) is 2.51. The minimum absolute atomic E-state index is 1.01. The van der Waals surface area contributed by atoms with E-state index in [-0.39, 0.29) is 0 Å². The van der Waals surface area contributed by atoms with Crippen LogP contribution in [0.25, 0.3) is 0 Å². The monoisotopic (exact) mass is 182 g/mol. The minimum atomic E-state index is 1.01. The third-order valence-corrected chi connectivity index (χ3v) is 3.54. The van der Waals surface area contributed by atoms with E-state index in [1.807, 2.05) is 0 Å². The number of nitrogens with zero attached hydrogens (tertiary/aromatic N) is 1. The van der Waals surface area contributed by atoms with Gasteiger partial charge in [-0.3, -0.25) is 4.90 Å². The number of nitrogen functional groups attached to an aromatic ring is 1. The number of hydrogen-bond donors (Lipinski definition) is 1. The van der Waals surface area contributed by atoms with E-state index in [4.69, 9.17) is 5.73 Å². The van der Waals surface area contributed by atoms with Crippen LogP contribution in [-0.4, -0.2) is 18.0 Å². The van der Waals surface area contributed by atoms with Crippen molar-refractivity contribution in [3.8, 4) is 0 Å². The highest BCUT2D eigenvalue weighted by Gasteiger charge is 2.17. The van der Waals surface area contributed by atoms with Gasteiger partial charge in [-0.1, -0.05) is 6.92 Å². The summed E-state index contributed by atoms with van der Waals surface area (Å²) in [7, 11) is 0. The van der Waals surface area contributed by atoms with Crippen molar-refractivity contribution in [2.75, 3.05) is 18.8 Å². The third kappa shape index (κ3) is 1.23. The molecule has 2 heterocycles. The van der Waals surface area contributed by atoms with Crippen LogP contribution in [0.15, 0.2) is 5.38 Å². The molecule has 12 heavy (non-hydrogen) atoms. The fourth-order valence-corrected chi connectivity index (χ4v) is 2.71. The van der Waals surface area contributed by atoms with E-state index >= 15 is 0 Å². The molecule has 1 aliphatic heterocycles. The van der Waals surface area contributed by atoms with E-state index in [9.17, 15) is 0 Å². The number of rotatable bonds is 1. The van der Waals surface area contributed by atoms with E-state index in [2.05, 4.69) is 17.2 Å². The maximum absolute atomic E-state index is 5.84. The summed E-state index contributed by atoms with van der Waals surface area (Å²) >= 11 is 1.80. The van der Waals surface area contributed by atoms with Crippen LogP contribution in [0.3, 0.4) is 0 Å². The van der Waals surface area contributed by atoms with Crippen LogP contribution < -0.4 is 5.73 Å². The molecule has 66 valence electrons. The average Bonchev–Trinajstić information content (AvgIpc) is 2.47. The molecule has 2 rings (SSSR count). The molecule has 0 aromatic carbocycles. The summed E-state index contributed by atoms with van der Waals surface area (Å²) < 4.78 is 0. The van der Waals surface area contributed by atoms with Crippen molar-refractivity contribution in [1.82, 2.24) is 4.90 Å². The minimum Gasteiger partial charge on any atom is -0.398 e. The van der Waals surface area contributed by atoms with Crippen LogP contribution in [0, 0.1) is 0 Å². The summed E-state index contributed by atoms with van der Waals surface area (Å²) in [6.45, 7) is 5.64. The van der Waals surface area contributed by atoms with Gasteiger partial charge in [-0.25, -0.2) is 0 Å². The zero-order valence-electron chi connectivity index (χ0n) is 7.34. The lowest BCUT2D eigenvalue weighted by Gasteiger charge is -2.25. The van der Waals surface area contributed by atoms with Gasteiger partial charge in [0.2, 0.25) is 0 Å². The molecule has 0 radical (unpaired) electrons. The van der Waals surface area contributed by atoms with Crippen LogP contribution in [0.1, 0.15) is 17.4 Å². The molecule has 0 spiro atoms. The Morgan fingerprint density at radius 3 is 3.25 bits per heavy atom. The molecule has 2 nitrogen and oxygen atoms in total. The van der Waals surface area contributed by atoms with E-state index in [0.29, 0.717) is 0 Å². The smallest absolute Gasteiger partial charge is 0.0459 e. The number of anilines is 1. The van der Waals surface area contributed by atoms with Gasteiger partial charge >= 0.3 is 0 Å². The Balaban J connectivity index is 2.24. The van der Waals surface area contributed by atoms with Gasteiger partial charge in [0.25, 0.3) is 0 Å². The summed E-state index contributed by atoms with van der Waals surface area (Å²) in [6.07, 6.45) is 1.14. The first-order valence-electron chi connectivity index (χ1n) is 4.38. The van der Waals surface area contributed by atoms with Gasteiger partial charge in [0.1, 0.15) is 0 Å². The zero-order chi connectivity index (χ0) is 8.55. The lowest BCUT2D eigenvalue weighted by Crippen LogP contribution is -2.29. The van der Waals surface area contributed by atoms with Crippen LogP contribution in [0.4, 0.5) is 5.69 Å². The number of hydrogen-bond acceptors (Lipinski definition) is 3. The fraction of sp³-hybridized carbons (Fsp3) is 0.556. The molecule has 1 aliphatic rings. The molecular formula is C9H14N2S. The lowest BCUT2D eigenvalue weighted by molar-refractivity contribution is 0.272. The van der Waals surface area contributed by atoms with Crippen LogP contribution in [-0.2, 0) is 13.0 Å². The largest absolute Gasteiger partial charge is 0.398 e. The van der Waals surface area contributed by atoms with Crippen LogP contribution in [0.5, 0.6) is 0 Å². The predicted molar refractivity (Wildman–Crippen MR) is 53.4 cm³/mol. The maximum atomic E-state index is 5.84. The Kier molecular flexibility index (Phi) is 2.07. The van der Waals surface area contributed by atoms with Crippen molar-refractivity contribution in [3.05, 3.63) is 15.8 Å². The molecule has 0 bridgehead atoms. The van der Waals surface area contributed by atoms with Gasteiger partial charge in [0, 0.05) is 29.0 Å². The highest BCUT2D eigenvalue weighted by atomic mass is 32.1. The second-order valence-electron chi connectivity index (χ2n) is 3.21. The summed E-state index contributed by atoms with van der Waals surface area (Å²) in [5.74, 6) is 0. The summed E-state index contributed by atoms with van der Waals surface area (Å²) in [6, 6.07) is 0. The summed E-state index contributed by atoms with van der Waals surface area (Å²) in [4.78, 5) is 3.93. The molecule has 0 atom stereocenters. The van der Waals surface area contributed by atoms with Crippen LogP contribution >= 0.6 is 11.3 Å². The molecular weight excluding hydrogens is 168 g/mol. The van der Waals surface area contributed by atoms with E-state index in [1.165, 1.54) is 17.0 Å². The van der Waals surface area contributed by atoms with Crippen molar-refractivity contribution < 1.29 is 0 Å². The number of likely N-dealkylation sites (N-methyl/N-ethyl adjacent to an activating group) is 1. The van der Waals surface area contributed by atoms with E-state index in [1.54, 1.807) is 11.3 Å². The zero-order valence-corrected chi connectivity index (χ0v) is 8.16. The molecule has 0 fully saturated rings. The first-order valence-corrected chi connectivity index (χ1v) is 5.26. The Morgan fingerprint density at radius 2 is 2.50 bits per heavy atom. The van der Waals surface area contributed by atoms with Crippen molar-refractivity contribution >= 4 is 17.0 Å². The molecule has 0 unspecified atom stereocenters. The van der Waals surface area contributed by atoms with Gasteiger partial charge in [0.05, 0.1) is 0 Å². The molecule has 1 aromatic heterocycles. The maximum Gasteiger partial charge on any atom is 0.0459 e. The van der Waals surface area contributed by atoms with Gasteiger partial charge in [0.15, 0.2) is 0 Å². The molecule has 1 aromatic rings. The summed E-state index contributed by atoms with van der Waals surface area (Å²) in [5, 5.41) is 2.07. The summed E-state index contributed by atoms with van der Waals surface area (Å²) in [5.41, 5.74) is 8.25. The molecule has 0 saturated heterocycles. The molecule has 3 heteroatoms. The Labute approximate surface area is 77.0 Å². The highest BCUT2D eigenvalue weighted by molar-refractivity contribution is 7.10. The van der Waals surface area contributed by atoms with Gasteiger partial charge in [-0.15, -0.1) is 11.3 Å². The molecule has 0 saturated carbocycles. The molecule has 0 aliphatic carbocycles. The molecule has 0 amide bonds. The van der Waals surface area contributed by atoms with E-state index in [0.717, 1.165) is 25.2 Å². The quantitative estimate of drug-likeness (QED) is 0.716. The fourth-order valence-electron chi connectivity index (χ4n) is 1.68. The second kappa shape index (κ2) is 3.07. The lowest BCUT2D eigenvalue weighted by atomic mass is 10.1. The Bertz CT molecular complexity index is 280. The van der Waals surface area contributed by atoms with Crippen molar-refractivity contribution in [3.63, 3.8) is 0 Å². The van der Waals surface area contributed by atoms with Crippen molar-refractivity contribution in [1.29, 1.82) is 0 Å². The normalized spacial score (nSPS) is 17.8. The standard InChI is InChI=1S/C9H14N2S/c1-2-11-4-3-7-8(10)6-12-9(7)5-11/h6H,2-5,10H2,1H3. The predicted octanol–water partition coefficient (Wildman–Crippen LogP) is 1.71. The first-order chi connectivity index (χ1) is 5.81. The number of fused-ring (bicyclic) bond motifs is 1. The van der Waals surface area contributed by atoms with Crippen LogP contribution in [0.2, 0.25) is 0 Å². The van der Waals surface area contributed by atoms with Crippen molar-refractivity contribution in [2.24, 2.45) is 0 Å². The topological polar surface area (TPSA) is 29.3 Å². The highest BCUT2D eigenvalue weighted by Crippen LogP contribution is 2.29. The van der Waals surface area contributed by atoms with E-state index < -0.39 is 0 Å². The number of thiophene rings is 1. The first kappa shape index (κ1) is 8.08. The van der Waals surface area contributed by atoms with Gasteiger partial charge in [-0.05, 0) is 18.5 Å². The van der Waals surface area contributed by atoms with Gasteiger partial charge in [-0.2, -0.15) is 0 Å². The Morgan fingerprint density at radius 1 is 1.67 bits per heavy atom. The number of nitrogens with two attached hydrogens (primary N) is 1. The molecule has 2 N–H and O–H groups in total. The second-order valence-corrected chi connectivity index (χ2v) is 4.18. The van der Waals surface area contributed by atoms with Crippen molar-refractivity contribution in [2.45, 2.75) is 19.9 Å².